The maximum Gasteiger partial charge on any atom is 0.205 e. The molecule has 2 rings (SSSR count). The minimum absolute atomic E-state index is 0.606. The van der Waals surface area contributed by atoms with Crippen LogP contribution in [-0.2, 0) is 13.0 Å². The van der Waals surface area contributed by atoms with Crippen molar-refractivity contribution in [2.45, 2.75) is 13.0 Å². The van der Waals surface area contributed by atoms with E-state index in [1.807, 2.05) is 18.2 Å². The van der Waals surface area contributed by atoms with E-state index in [1.54, 1.807) is 6.20 Å². The van der Waals surface area contributed by atoms with Crippen LogP contribution in [0.1, 0.15) is 10.7 Å². The SMILES string of the molecule is NCCc1nnc(NCc2ccccn2)s1. The summed E-state index contributed by atoms with van der Waals surface area (Å²) in [4.78, 5) is 4.21. The van der Waals surface area contributed by atoms with Crippen LogP contribution in [0.3, 0.4) is 0 Å². The molecule has 0 aliphatic rings. The Hall–Kier alpha value is -1.53. The first-order valence-electron chi connectivity index (χ1n) is 5.04. The van der Waals surface area contributed by atoms with Gasteiger partial charge in [0.15, 0.2) is 0 Å². The first-order valence-corrected chi connectivity index (χ1v) is 5.86. The number of nitrogens with zero attached hydrogens (tertiary/aromatic N) is 3. The van der Waals surface area contributed by atoms with Gasteiger partial charge in [-0.25, -0.2) is 0 Å². The first kappa shape index (κ1) is 11.0. The number of anilines is 1. The normalized spacial score (nSPS) is 10.3. The van der Waals surface area contributed by atoms with E-state index in [0.717, 1.165) is 22.3 Å². The van der Waals surface area contributed by atoms with Crippen molar-refractivity contribution in [2.24, 2.45) is 5.73 Å². The Morgan fingerprint density at radius 3 is 3.00 bits per heavy atom. The highest BCUT2D eigenvalue weighted by molar-refractivity contribution is 7.15. The number of hydrogen-bond donors (Lipinski definition) is 2. The van der Waals surface area contributed by atoms with Crippen molar-refractivity contribution in [1.82, 2.24) is 15.2 Å². The Labute approximate surface area is 97.7 Å². The predicted octanol–water partition coefficient (Wildman–Crippen LogP) is 1.05. The van der Waals surface area contributed by atoms with Crippen LogP contribution in [0.4, 0.5) is 5.13 Å². The predicted molar refractivity (Wildman–Crippen MR) is 64.2 cm³/mol. The van der Waals surface area contributed by atoms with E-state index in [0.29, 0.717) is 13.1 Å². The Bertz CT molecular complexity index is 428. The summed E-state index contributed by atoms with van der Waals surface area (Å²) < 4.78 is 0. The van der Waals surface area contributed by atoms with Crippen LogP contribution in [0.5, 0.6) is 0 Å². The molecule has 0 amide bonds. The third kappa shape index (κ3) is 2.98. The zero-order valence-electron chi connectivity index (χ0n) is 8.76. The van der Waals surface area contributed by atoms with Crippen molar-refractivity contribution in [2.75, 3.05) is 11.9 Å². The van der Waals surface area contributed by atoms with Crippen LogP contribution >= 0.6 is 11.3 Å². The number of hydrogen-bond acceptors (Lipinski definition) is 6. The average Bonchev–Trinajstić information content (AvgIpc) is 2.76. The summed E-state index contributed by atoms with van der Waals surface area (Å²) in [7, 11) is 0. The summed E-state index contributed by atoms with van der Waals surface area (Å²) in [6.45, 7) is 1.27. The fourth-order valence-corrected chi connectivity index (χ4v) is 1.97. The zero-order valence-corrected chi connectivity index (χ0v) is 9.57. The molecule has 0 spiro atoms. The van der Waals surface area contributed by atoms with Gasteiger partial charge in [0.2, 0.25) is 5.13 Å². The standard InChI is InChI=1S/C10H13N5S/c11-5-4-9-14-15-10(16-9)13-7-8-3-1-2-6-12-8/h1-3,6H,4-5,7,11H2,(H,13,15). The van der Waals surface area contributed by atoms with E-state index in [-0.39, 0.29) is 0 Å². The highest BCUT2D eigenvalue weighted by Crippen LogP contribution is 2.15. The molecule has 6 heteroatoms. The molecular weight excluding hydrogens is 222 g/mol. The van der Waals surface area contributed by atoms with Crippen LogP contribution < -0.4 is 11.1 Å². The van der Waals surface area contributed by atoms with Gasteiger partial charge in [-0.1, -0.05) is 17.4 Å². The maximum atomic E-state index is 5.44. The molecular formula is C10H13N5S. The average molecular weight is 235 g/mol. The van der Waals surface area contributed by atoms with Gasteiger partial charge in [0.05, 0.1) is 12.2 Å². The van der Waals surface area contributed by atoms with Gasteiger partial charge < -0.3 is 11.1 Å². The van der Waals surface area contributed by atoms with Crippen LogP contribution in [0.15, 0.2) is 24.4 Å². The van der Waals surface area contributed by atoms with Gasteiger partial charge in [-0.05, 0) is 18.7 Å². The number of nitrogens with two attached hydrogens (primary N) is 1. The van der Waals surface area contributed by atoms with Crippen LogP contribution in [0.25, 0.3) is 0 Å². The molecule has 0 fully saturated rings. The largest absolute Gasteiger partial charge is 0.354 e. The number of rotatable bonds is 5. The quantitative estimate of drug-likeness (QED) is 0.810. The molecule has 0 saturated carbocycles. The second-order valence-electron chi connectivity index (χ2n) is 3.21. The van der Waals surface area contributed by atoms with E-state index in [4.69, 9.17) is 5.73 Å². The van der Waals surface area contributed by atoms with Gasteiger partial charge in [-0.15, -0.1) is 10.2 Å². The molecule has 0 aromatic carbocycles. The first-order chi connectivity index (χ1) is 7.88. The van der Waals surface area contributed by atoms with E-state index in [1.165, 1.54) is 11.3 Å². The van der Waals surface area contributed by atoms with Gasteiger partial charge >= 0.3 is 0 Å². The summed E-state index contributed by atoms with van der Waals surface area (Å²) in [6.07, 6.45) is 2.56. The zero-order chi connectivity index (χ0) is 11.2. The van der Waals surface area contributed by atoms with Crippen LogP contribution in [0, 0.1) is 0 Å². The van der Waals surface area contributed by atoms with Gasteiger partial charge in [-0.3, -0.25) is 4.98 Å². The molecule has 2 aromatic rings. The molecule has 2 aromatic heterocycles. The van der Waals surface area contributed by atoms with E-state index in [2.05, 4.69) is 20.5 Å². The lowest BCUT2D eigenvalue weighted by Gasteiger charge is -1.99. The van der Waals surface area contributed by atoms with Gasteiger partial charge in [0.1, 0.15) is 5.01 Å². The molecule has 5 nitrogen and oxygen atoms in total. The van der Waals surface area contributed by atoms with Crippen molar-refractivity contribution in [3.05, 3.63) is 35.1 Å². The van der Waals surface area contributed by atoms with E-state index >= 15 is 0 Å². The van der Waals surface area contributed by atoms with Gasteiger partial charge in [0, 0.05) is 12.6 Å². The molecule has 3 N–H and O–H groups in total. The van der Waals surface area contributed by atoms with Crippen LogP contribution in [0.2, 0.25) is 0 Å². The Kier molecular flexibility index (Phi) is 3.79. The summed E-state index contributed by atoms with van der Waals surface area (Å²) >= 11 is 1.54. The number of nitrogens with one attached hydrogen (secondary N) is 1. The van der Waals surface area contributed by atoms with E-state index in [9.17, 15) is 0 Å². The lowest BCUT2D eigenvalue weighted by atomic mass is 10.3. The van der Waals surface area contributed by atoms with Gasteiger partial charge in [0.25, 0.3) is 0 Å². The number of aromatic nitrogens is 3. The second-order valence-corrected chi connectivity index (χ2v) is 4.28. The molecule has 0 bridgehead atoms. The third-order valence-electron chi connectivity index (χ3n) is 1.97. The fourth-order valence-electron chi connectivity index (χ4n) is 1.22. The van der Waals surface area contributed by atoms with E-state index < -0.39 is 0 Å². The highest BCUT2D eigenvalue weighted by atomic mass is 32.1. The fraction of sp³-hybridized carbons (Fsp3) is 0.300. The lowest BCUT2D eigenvalue weighted by Crippen LogP contribution is -2.01. The summed E-state index contributed by atoms with van der Waals surface area (Å²) in [6, 6.07) is 5.83. The number of pyridine rings is 1. The summed E-state index contributed by atoms with van der Waals surface area (Å²) in [5.41, 5.74) is 6.43. The minimum Gasteiger partial charge on any atom is -0.354 e. The molecule has 16 heavy (non-hydrogen) atoms. The van der Waals surface area contributed by atoms with Crippen molar-refractivity contribution in [3.63, 3.8) is 0 Å². The topological polar surface area (TPSA) is 76.7 Å². The van der Waals surface area contributed by atoms with Crippen molar-refractivity contribution >= 4 is 16.5 Å². The van der Waals surface area contributed by atoms with Crippen molar-refractivity contribution in [3.8, 4) is 0 Å². The summed E-state index contributed by atoms with van der Waals surface area (Å²) in [5.74, 6) is 0. The molecule has 0 saturated heterocycles. The van der Waals surface area contributed by atoms with Crippen molar-refractivity contribution in [1.29, 1.82) is 0 Å². The lowest BCUT2D eigenvalue weighted by molar-refractivity contribution is 0.909. The highest BCUT2D eigenvalue weighted by Gasteiger charge is 2.02. The van der Waals surface area contributed by atoms with Crippen LogP contribution in [-0.4, -0.2) is 21.7 Å². The minimum atomic E-state index is 0.606. The van der Waals surface area contributed by atoms with Crippen molar-refractivity contribution < 1.29 is 0 Å². The van der Waals surface area contributed by atoms with Gasteiger partial charge in [-0.2, -0.15) is 0 Å². The second kappa shape index (κ2) is 5.53. The monoisotopic (exact) mass is 235 g/mol. The smallest absolute Gasteiger partial charge is 0.205 e. The molecule has 84 valence electrons. The molecule has 0 atom stereocenters. The Morgan fingerprint density at radius 2 is 2.25 bits per heavy atom. The molecule has 2 heterocycles. The molecule has 0 unspecified atom stereocenters. The molecule has 0 aliphatic heterocycles. The molecule has 0 aliphatic carbocycles. The third-order valence-corrected chi connectivity index (χ3v) is 2.91. The Morgan fingerprint density at radius 1 is 1.31 bits per heavy atom. The molecule has 0 radical (unpaired) electrons. The summed E-state index contributed by atoms with van der Waals surface area (Å²) in [5, 5.41) is 13.0. The Balaban J connectivity index is 1.89. The maximum absolute atomic E-state index is 5.44.